The third-order valence-corrected chi connectivity index (χ3v) is 7.67. The average Bonchev–Trinajstić information content (AvgIpc) is 3.27. The van der Waals surface area contributed by atoms with Crippen molar-refractivity contribution in [3.63, 3.8) is 0 Å². The zero-order chi connectivity index (χ0) is 24.8. The van der Waals surface area contributed by atoms with Gasteiger partial charge in [-0.05, 0) is 42.3 Å². The molecule has 2 aromatic carbocycles. The van der Waals surface area contributed by atoms with Crippen LogP contribution in [0.1, 0.15) is 6.92 Å². The van der Waals surface area contributed by atoms with Crippen LogP contribution in [0.2, 0.25) is 0 Å². The van der Waals surface area contributed by atoms with Crippen molar-refractivity contribution in [3.05, 3.63) is 67.1 Å². The average molecular weight is 502 g/mol. The summed E-state index contributed by atoms with van der Waals surface area (Å²) in [5.74, 6) is 0. The molecule has 182 valence electrons. The van der Waals surface area contributed by atoms with Gasteiger partial charge in [-0.15, -0.1) is 0 Å². The lowest BCUT2D eigenvalue weighted by Gasteiger charge is -2.36. The number of sulfone groups is 1. The highest BCUT2D eigenvalue weighted by Crippen LogP contribution is 2.32. The van der Waals surface area contributed by atoms with Crippen LogP contribution < -0.4 is 10.2 Å². The Kier molecular flexibility index (Phi) is 5.76. The summed E-state index contributed by atoms with van der Waals surface area (Å²) in [6.07, 6.45) is 5.09. The van der Waals surface area contributed by atoms with Gasteiger partial charge < -0.3 is 10.2 Å². The second-order valence-corrected chi connectivity index (χ2v) is 10.4. The molecule has 11 heteroatoms. The van der Waals surface area contributed by atoms with E-state index in [0.717, 1.165) is 48.6 Å². The number of alkyl halides is 3. The molecule has 0 aliphatic carbocycles. The van der Waals surface area contributed by atoms with E-state index < -0.39 is 20.2 Å². The van der Waals surface area contributed by atoms with Crippen molar-refractivity contribution >= 4 is 21.2 Å². The maximum atomic E-state index is 12.8. The Bertz CT molecular complexity index is 1470. The lowest BCUT2D eigenvalue weighted by Crippen LogP contribution is -2.49. The van der Waals surface area contributed by atoms with Gasteiger partial charge in [-0.3, -0.25) is 0 Å². The summed E-state index contributed by atoms with van der Waals surface area (Å²) in [6.45, 7) is 5.04. The number of hydrogen-bond acceptors (Lipinski definition) is 6. The fourth-order valence-corrected chi connectivity index (χ4v) is 5.01. The number of benzene rings is 2. The van der Waals surface area contributed by atoms with Gasteiger partial charge in [0.2, 0.25) is 0 Å². The second-order valence-electron chi connectivity index (χ2n) is 8.44. The zero-order valence-corrected chi connectivity index (χ0v) is 19.5. The summed E-state index contributed by atoms with van der Waals surface area (Å²) >= 11 is 0. The third kappa shape index (κ3) is 4.25. The van der Waals surface area contributed by atoms with Gasteiger partial charge in [0, 0.05) is 54.9 Å². The van der Waals surface area contributed by atoms with Crippen LogP contribution in [0, 0.1) is 0 Å². The van der Waals surface area contributed by atoms with Crippen LogP contribution in [0.4, 0.5) is 18.9 Å². The van der Waals surface area contributed by atoms with Crippen LogP contribution in [-0.4, -0.2) is 54.2 Å². The number of halogens is 3. The van der Waals surface area contributed by atoms with Crippen molar-refractivity contribution in [3.8, 4) is 22.3 Å². The highest BCUT2D eigenvalue weighted by molar-refractivity contribution is 7.92. The molecule has 1 aliphatic rings. The lowest BCUT2D eigenvalue weighted by atomic mass is 10.1. The molecular formula is C24H22F3N5O2S. The molecule has 0 spiro atoms. The van der Waals surface area contributed by atoms with Crippen LogP contribution in [-0.2, 0) is 9.84 Å². The summed E-state index contributed by atoms with van der Waals surface area (Å²) in [6, 6.07) is 13.2. The number of aromatic nitrogens is 3. The first-order valence-corrected chi connectivity index (χ1v) is 12.5. The zero-order valence-electron chi connectivity index (χ0n) is 18.7. The van der Waals surface area contributed by atoms with E-state index in [2.05, 4.69) is 39.4 Å². The summed E-state index contributed by atoms with van der Waals surface area (Å²) in [5, 5.41) is 7.72. The Morgan fingerprint density at radius 1 is 0.971 bits per heavy atom. The molecule has 0 amide bonds. The Morgan fingerprint density at radius 2 is 1.66 bits per heavy atom. The predicted molar refractivity (Wildman–Crippen MR) is 127 cm³/mol. The van der Waals surface area contributed by atoms with E-state index in [1.54, 1.807) is 16.9 Å². The fraction of sp³-hybridized carbons (Fsp3) is 0.250. The van der Waals surface area contributed by atoms with Crippen molar-refractivity contribution in [2.24, 2.45) is 0 Å². The highest BCUT2D eigenvalue weighted by Gasteiger charge is 2.46. The van der Waals surface area contributed by atoms with E-state index in [0.29, 0.717) is 22.8 Å². The van der Waals surface area contributed by atoms with Gasteiger partial charge >= 0.3 is 5.51 Å². The molecule has 5 rings (SSSR count). The van der Waals surface area contributed by atoms with Crippen molar-refractivity contribution in [1.82, 2.24) is 19.9 Å². The smallest absolute Gasteiger partial charge is 0.366 e. The van der Waals surface area contributed by atoms with Crippen LogP contribution >= 0.6 is 0 Å². The molecule has 35 heavy (non-hydrogen) atoms. The molecule has 1 saturated heterocycles. The van der Waals surface area contributed by atoms with Crippen molar-refractivity contribution in [1.29, 1.82) is 0 Å². The number of nitrogens with one attached hydrogen (secondary N) is 1. The summed E-state index contributed by atoms with van der Waals surface area (Å²) in [4.78, 5) is 6.07. The minimum Gasteiger partial charge on any atom is -0.366 e. The second kappa shape index (κ2) is 8.65. The number of fused-ring (bicyclic) bond motifs is 1. The summed E-state index contributed by atoms with van der Waals surface area (Å²) in [7, 11) is -5.40. The first-order chi connectivity index (χ1) is 16.6. The van der Waals surface area contributed by atoms with Crippen molar-refractivity contribution in [2.75, 3.05) is 24.5 Å². The SMILES string of the molecule is C[C@@H]1CNCCN1c1ccc(-c2cnc3c(-c4ccc(S(=O)(=O)C(F)(F)F)cc4)cnn3c2)cc1. The molecule has 0 unspecified atom stereocenters. The first kappa shape index (κ1) is 23.3. The van der Waals surface area contributed by atoms with E-state index in [1.165, 1.54) is 12.1 Å². The summed E-state index contributed by atoms with van der Waals surface area (Å²) < 4.78 is 63.2. The molecule has 1 aliphatic heterocycles. The van der Waals surface area contributed by atoms with E-state index in [4.69, 9.17) is 0 Å². The molecular weight excluding hydrogens is 479 g/mol. The summed E-state index contributed by atoms with van der Waals surface area (Å²) in [5.41, 5.74) is -0.756. The lowest BCUT2D eigenvalue weighted by molar-refractivity contribution is -0.0436. The Morgan fingerprint density at radius 3 is 2.31 bits per heavy atom. The third-order valence-electron chi connectivity index (χ3n) is 6.17. The Balaban J connectivity index is 1.41. The molecule has 3 heterocycles. The molecule has 1 atom stereocenters. The quantitative estimate of drug-likeness (QED) is 0.453. The Labute approximate surface area is 200 Å². The van der Waals surface area contributed by atoms with Crippen LogP contribution in [0.15, 0.2) is 72.0 Å². The van der Waals surface area contributed by atoms with Crippen molar-refractivity contribution in [2.45, 2.75) is 23.4 Å². The molecule has 1 N–H and O–H groups in total. The predicted octanol–water partition coefficient (Wildman–Crippen LogP) is 4.15. The van der Waals surface area contributed by atoms with Gasteiger partial charge in [0.25, 0.3) is 9.84 Å². The van der Waals surface area contributed by atoms with Crippen LogP contribution in [0.5, 0.6) is 0 Å². The molecule has 2 aromatic heterocycles. The topological polar surface area (TPSA) is 79.6 Å². The molecule has 0 saturated carbocycles. The maximum absolute atomic E-state index is 12.8. The number of nitrogens with zero attached hydrogens (tertiary/aromatic N) is 4. The number of rotatable bonds is 4. The van der Waals surface area contributed by atoms with Gasteiger partial charge in [-0.1, -0.05) is 24.3 Å². The number of piperazine rings is 1. The monoisotopic (exact) mass is 501 g/mol. The minimum absolute atomic E-state index is 0.415. The van der Waals surface area contributed by atoms with Crippen molar-refractivity contribution < 1.29 is 21.6 Å². The minimum atomic E-state index is -5.40. The fourth-order valence-electron chi connectivity index (χ4n) is 4.24. The van der Waals surface area contributed by atoms with E-state index in [9.17, 15) is 21.6 Å². The largest absolute Gasteiger partial charge is 0.501 e. The van der Waals surface area contributed by atoms with E-state index in [1.807, 2.05) is 18.3 Å². The number of hydrogen-bond donors (Lipinski definition) is 1. The van der Waals surface area contributed by atoms with Crippen LogP contribution in [0.3, 0.4) is 0 Å². The Hall–Kier alpha value is -3.44. The van der Waals surface area contributed by atoms with Gasteiger partial charge in [0.1, 0.15) is 0 Å². The van der Waals surface area contributed by atoms with Gasteiger partial charge in [-0.2, -0.15) is 18.3 Å². The molecule has 0 radical (unpaired) electrons. The molecule has 7 nitrogen and oxygen atoms in total. The van der Waals surface area contributed by atoms with Gasteiger partial charge in [0.15, 0.2) is 5.65 Å². The maximum Gasteiger partial charge on any atom is 0.501 e. The molecule has 1 fully saturated rings. The van der Waals surface area contributed by atoms with E-state index in [-0.39, 0.29) is 0 Å². The molecule has 0 bridgehead atoms. The highest BCUT2D eigenvalue weighted by atomic mass is 32.2. The van der Waals surface area contributed by atoms with Gasteiger partial charge in [0.05, 0.1) is 11.1 Å². The first-order valence-electron chi connectivity index (χ1n) is 11.0. The molecule has 4 aromatic rings. The van der Waals surface area contributed by atoms with Gasteiger partial charge in [-0.25, -0.2) is 17.9 Å². The number of anilines is 1. The van der Waals surface area contributed by atoms with E-state index >= 15 is 0 Å². The standard InChI is InChI=1S/C24H22F3N5O2S/c1-16-12-28-10-11-31(16)20-6-2-17(3-7-20)19-13-29-23-22(14-30-32(23)15-19)18-4-8-21(9-5-18)35(33,34)24(25,26)27/h2-9,13-16,28H,10-12H2,1H3/t16-/m1/s1. The van der Waals surface area contributed by atoms with Crippen LogP contribution in [0.25, 0.3) is 27.9 Å². The normalized spacial score (nSPS) is 17.1.